The lowest BCUT2D eigenvalue weighted by Crippen LogP contribution is -2.38. The molecule has 26 heavy (non-hydrogen) atoms. The van der Waals surface area contributed by atoms with Crippen molar-refractivity contribution >= 4 is 25.6 Å². The van der Waals surface area contributed by atoms with Gasteiger partial charge in [-0.15, -0.1) is 0 Å². The van der Waals surface area contributed by atoms with Gasteiger partial charge in [0.25, 0.3) is 0 Å². The van der Waals surface area contributed by atoms with Crippen molar-refractivity contribution in [1.82, 2.24) is 10.6 Å². The highest BCUT2D eigenvalue weighted by Crippen LogP contribution is 2.16. The molecule has 0 aromatic heterocycles. The summed E-state index contributed by atoms with van der Waals surface area (Å²) in [6.07, 6.45) is 2.36. The number of aryl methyl sites for hydroxylation is 1. The Labute approximate surface area is 155 Å². The minimum absolute atomic E-state index is 0.00278. The minimum atomic E-state index is -3.22. The Morgan fingerprint density at radius 2 is 1.81 bits per heavy atom. The average Bonchev–Trinajstić information content (AvgIpc) is 2.51. The number of ether oxygens (including phenoxy) is 1. The fourth-order valence-corrected chi connectivity index (χ4v) is 3.58. The van der Waals surface area contributed by atoms with Crippen molar-refractivity contribution in [2.75, 3.05) is 45.1 Å². The molecule has 0 spiro atoms. The first-order chi connectivity index (χ1) is 12.0. The molecule has 8 nitrogen and oxygen atoms in total. The second kappa shape index (κ2) is 9.89. The average molecular weight is 406 g/mol. The summed E-state index contributed by atoms with van der Waals surface area (Å²) in [5, 5.41) is 6.18. The van der Waals surface area contributed by atoms with E-state index >= 15 is 0 Å². The van der Waals surface area contributed by atoms with Crippen LogP contribution in [0.1, 0.15) is 11.1 Å². The molecule has 0 atom stereocenters. The molecule has 0 heterocycles. The van der Waals surface area contributed by atoms with Crippen molar-refractivity contribution in [3.8, 4) is 0 Å². The monoisotopic (exact) mass is 405 g/mol. The molecule has 0 bridgehead atoms. The molecule has 0 unspecified atom stereocenters. The highest BCUT2D eigenvalue weighted by molar-refractivity contribution is 7.91. The number of benzene rings is 1. The van der Waals surface area contributed by atoms with Crippen molar-refractivity contribution in [3.63, 3.8) is 0 Å². The standard InChI is InChI=1S/C16H27N3O5S2/c1-13-11-14(5-6-15(13)26(4,22)23)12-19-16(17-2)18-7-8-24-9-10-25(3,20)21/h5-6,11H,7-10,12H2,1-4H3,(H2,17,18,19). The number of sulfone groups is 2. The highest BCUT2D eigenvalue weighted by atomic mass is 32.2. The van der Waals surface area contributed by atoms with Crippen molar-refractivity contribution in [3.05, 3.63) is 29.3 Å². The molecule has 1 aromatic rings. The zero-order valence-corrected chi connectivity index (χ0v) is 17.2. The molecule has 148 valence electrons. The van der Waals surface area contributed by atoms with E-state index in [-0.39, 0.29) is 12.4 Å². The SMILES string of the molecule is CN=C(NCCOCCS(C)(=O)=O)NCc1ccc(S(C)(=O)=O)c(C)c1. The van der Waals surface area contributed by atoms with Gasteiger partial charge in [-0.05, 0) is 24.1 Å². The van der Waals surface area contributed by atoms with Gasteiger partial charge in [0, 0.05) is 32.6 Å². The van der Waals surface area contributed by atoms with Crippen LogP contribution in [0.3, 0.4) is 0 Å². The summed E-state index contributed by atoms with van der Waals surface area (Å²) < 4.78 is 50.5. The summed E-state index contributed by atoms with van der Waals surface area (Å²) in [6, 6.07) is 5.19. The third-order valence-electron chi connectivity index (χ3n) is 3.46. The number of hydrogen-bond acceptors (Lipinski definition) is 6. The van der Waals surface area contributed by atoms with E-state index in [0.29, 0.717) is 36.1 Å². The third kappa shape index (κ3) is 8.63. The van der Waals surface area contributed by atoms with Crippen LogP contribution in [0.4, 0.5) is 0 Å². The van der Waals surface area contributed by atoms with Gasteiger partial charge >= 0.3 is 0 Å². The van der Waals surface area contributed by atoms with Crippen LogP contribution in [0, 0.1) is 6.92 Å². The van der Waals surface area contributed by atoms with Crippen LogP contribution < -0.4 is 10.6 Å². The molecule has 10 heteroatoms. The Kier molecular flexibility index (Phi) is 8.51. The molecular weight excluding hydrogens is 378 g/mol. The summed E-state index contributed by atoms with van der Waals surface area (Å²) in [5.74, 6) is 0.574. The maximum Gasteiger partial charge on any atom is 0.191 e. The van der Waals surface area contributed by atoms with E-state index in [4.69, 9.17) is 4.74 Å². The van der Waals surface area contributed by atoms with Crippen molar-refractivity contribution in [2.24, 2.45) is 4.99 Å². The summed E-state index contributed by atoms with van der Waals surface area (Å²) in [6.45, 7) is 3.26. The van der Waals surface area contributed by atoms with Gasteiger partial charge in [-0.2, -0.15) is 0 Å². The Morgan fingerprint density at radius 3 is 2.35 bits per heavy atom. The van der Waals surface area contributed by atoms with E-state index in [1.807, 2.05) is 6.07 Å². The van der Waals surface area contributed by atoms with E-state index in [1.54, 1.807) is 26.1 Å². The predicted molar refractivity (Wildman–Crippen MR) is 103 cm³/mol. The first kappa shape index (κ1) is 22.4. The van der Waals surface area contributed by atoms with E-state index in [2.05, 4.69) is 15.6 Å². The van der Waals surface area contributed by atoms with Gasteiger partial charge in [-0.3, -0.25) is 4.99 Å². The van der Waals surface area contributed by atoms with Crippen LogP contribution in [0.25, 0.3) is 0 Å². The normalized spacial score (nSPS) is 12.8. The smallest absolute Gasteiger partial charge is 0.191 e. The molecule has 0 aliphatic carbocycles. The molecule has 1 aromatic carbocycles. The fourth-order valence-electron chi connectivity index (χ4n) is 2.20. The Morgan fingerprint density at radius 1 is 1.12 bits per heavy atom. The van der Waals surface area contributed by atoms with E-state index in [1.165, 1.54) is 12.5 Å². The van der Waals surface area contributed by atoms with Crippen molar-refractivity contribution < 1.29 is 21.6 Å². The lowest BCUT2D eigenvalue weighted by atomic mass is 10.1. The molecule has 0 radical (unpaired) electrons. The van der Waals surface area contributed by atoms with Crippen LogP contribution in [-0.2, 0) is 31.0 Å². The van der Waals surface area contributed by atoms with E-state index < -0.39 is 19.7 Å². The lowest BCUT2D eigenvalue weighted by Gasteiger charge is -2.13. The lowest BCUT2D eigenvalue weighted by molar-refractivity contribution is 0.154. The number of hydrogen-bond donors (Lipinski definition) is 2. The quantitative estimate of drug-likeness (QED) is 0.341. The Bertz CT molecular complexity index is 833. The van der Waals surface area contributed by atoms with Gasteiger partial charge in [0.15, 0.2) is 15.8 Å². The minimum Gasteiger partial charge on any atom is -0.379 e. The van der Waals surface area contributed by atoms with Crippen LogP contribution in [-0.4, -0.2) is 67.9 Å². The molecule has 0 fully saturated rings. The molecule has 0 amide bonds. The molecule has 0 aliphatic rings. The van der Waals surface area contributed by atoms with Gasteiger partial charge in [-0.25, -0.2) is 16.8 Å². The van der Waals surface area contributed by atoms with Gasteiger partial charge in [0.1, 0.15) is 9.84 Å². The highest BCUT2D eigenvalue weighted by Gasteiger charge is 2.11. The first-order valence-corrected chi connectivity index (χ1v) is 12.0. The summed E-state index contributed by atoms with van der Waals surface area (Å²) >= 11 is 0. The summed E-state index contributed by atoms with van der Waals surface area (Å²) in [7, 11) is -4.59. The molecule has 2 N–H and O–H groups in total. The number of rotatable bonds is 9. The number of nitrogens with one attached hydrogen (secondary N) is 2. The Hall–Kier alpha value is -1.65. The van der Waals surface area contributed by atoms with E-state index in [0.717, 1.165) is 5.56 Å². The number of aliphatic imine (C=N–C) groups is 1. The van der Waals surface area contributed by atoms with Crippen molar-refractivity contribution in [2.45, 2.75) is 18.4 Å². The van der Waals surface area contributed by atoms with Crippen LogP contribution in [0.2, 0.25) is 0 Å². The predicted octanol–water partition coefficient (Wildman–Crippen LogP) is 0.125. The van der Waals surface area contributed by atoms with Crippen molar-refractivity contribution in [1.29, 1.82) is 0 Å². The van der Waals surface area contributed by atoms with Gasteiger partial charge < -0.3 is 15.4 Å². The zero-order chi connectivity index (χ0) is 19.8. The summed E-state index contributed by atoms with van der Waals surface area (Å²) in [5.41, 5.74) is 1.64. The second-order valence-corrected chi connectivity index (χ2v) is 10.2. The molecule has 1 rings (SSSR count). The zero-order valence-electron chi connectivity index (χ0n) is 15.6. The molecule has 0 saturated heterocycles. The largest absolute Gasteiger partial charge is 0.379 e. The summed E-state index contributed by atoms with van der Waals surface area (Å²) in [4.78, 5) is 4.42. The number of guanidine groups is 1. The van der Waals surface area contributed by atoms with Gasteiger partial charge in [0.2, 0.25) is 0 Å². The third-order valence-corrected chi connectivity index (χ3v) is 5.62. The van der Waals surface area contributed by atoms with Gasteiger partial charge in [-0.1, -0.05) is 12.1 Å². The second-order valence-electron chi connectivity index (χ2n) is 5.97. The van der Waals surface area contributed by atoms with Crippen LogP contribution >= 0.6 is 0 Å². The number of nitrogens with zero attached hydrogens (tertiary/aromatic N) is 1. The Balaban J connectivity index is 2.42. The van der Waals surface area contributed by atoms with Gasteiger partial charge in [0.05, 0.1) is 23.9 Å². The van der Waals surface area contributed by atoms with E-state index in [9.17, 15) is 16.8 Å². The first-order valence-electron chi connectivity index (χ1n) is 8.02. The molecule has 0 saturated carbocycles. The maximum absolute atomic E-state index is 11.6. The molecular formula is C16H27N3O5S2. The maximum atomic E-state index is 11.6. The topological polar surface area (TPSA) is 114 Å². The fraction of sp³-hybridized carbons (Fsp3) is 0.562. The van der Waals surface area contributed by atoms with Crippen LogP contribution in [0.15, 0.2) is 28.1 Å². The molecule has 0 aliphatic heterocycles. The van der Waals surface area contributed by atoms with Crippen LogP contribution in [0.5, 0.6) is 0 Å².